The average molecular weight is 324 g/mol. The molecule has 1 aromatic heterocycles. The van der Waals surface area contributed by atoms with Crippen molar-refractivity contribution in [1.82, 2.24) is 5.16 Å². The number of aromatic hydroxyl groups is 1. The summed E-state index contributed by atoms with van der Waals surface area (Å²) in [5.41, 5.74) is 3.08. The van der Waals surface area contributed by atoms with Crippen molar-refractivity contribution in [2.75, 3.05) is 0 Å². The molecule has 1 aliphatic carbocycles. The highest BCUT2D eigenvalue weighted by molar-refractivity contribution is 9.10. The van der Waals surface area contributed by atoms with Crippen LogP contribution in [-0.2, 0) is 12.8 Å². The molecular formula is C13H10BrNO4. The first kappa shape index (κ1) is 12.2. The van der Waals surface area contributed by atoms with E-state index in [2.05, 4.69) is 21.1 Å². The maximum Gasteiger partial charge on any atom is 0.374 e. The smallest absolute Gasteiger partial charge is 0.374 e. The second-order valence-corrected chi connectivity index (χ2v) is 5.25. The number of aromatic nitrogens is 1. The van der Waals surface area contributed by atoms with Gasteiger partial charge in [0.2, 0.25) is 5.76 Å². The van der Waals surface area contributed by atoms with Crippen molar-refractivity contribution < 1.29 is 19.5 Å². The summed E-state index contributed by atoms with van der Waals surface area (Å²) in [6.45, 7) is 0. The maximum atomic E-state index is 10.8. The number of benzene rings is 1. The highest BCUT2D eigenvalue weighted by Crippen LogP contribution is 2.42. The number of fused-ring (bicyclic) bond motifs is 1. The molecule has 0 bridgehead atoms. The number of halogens is 1. The Morgan fingerprint density at radius 3 is 2.84 bits per heavy atom. The number of carboxylic acid groups (broad SMARTS) is 1. The van der Waals surface area contributed by atoms with Crippen molar-refractivity contribution in [2.45, 2.75) is 19.3 Å². The summed E-state index contributed by atoms with van der Waals surface area (Å²) in [6.07, 6.45) is 2.93. The van der Waals surface area contributed by atoms with Crippen LogP contribution in [0.25, 0.3) is 11.3 Å². The molecule has 0 atom stereocenters. The van der Waals surface area contributed by atoms with Crippen LogP contribution in [0.2, 0.25) is 0 Å². The number of carboxylic acids is 1. The number of rotatable bonds is 2. The second kappa shape index (κ2) is 4.38. The standard InChI is InChI=1S/C13H10BrNO4/c14-11-7-3-1-2-6(7)4-8(12(11)16)9-5-10(13(17)18)19-15-9/h4-5,16H,1-3H2,(H,17,18). The van der Waals surface area contributed by atoms with Crippen LogP contribution in [0.15, 0.2) is 21.1 Å². The van der Waals surface area contributed by atoms with Gasteiger partial charge in [0.25, 0.3) is 0 Å². The number of aromatic carboxylic acids is 1. The van der Waals surface area contributed by atoms with E-state index in [-0.39, 0.29) is 11.5 Å². The normalized spacial score (nSPS) is 13.5. The molecule has 2 N–H and O–H groups in total. The summed E-state index contributed by atoms with van der Waals surface area (Å²) in [5, 5.41) is 22.7. The fraction of sp³-hybridized carbons (Fsp3) is 0.231. The summed E-state index contributed by atoms with van der Waals surface area (Å²) >= 11 is 3.39. The Hall–Kier alpha value is -1.82. The number of carbonyl (C=O) groups is 1. The van der Waals surface area contributed by atoms with Crippen LogP contribution in [0.1, 0.15) is 28.1 Å². The van der Waals surface area contributed by atoms with Crippen molar-refractivity contribution in [3.05, 3.63) is 33.5 Å². The van der Waals surface area contributed by atoms with E-state index in [0.29, 0.717) is 15.7 Å². The molecule has 6 heteroatoms. The molecule has 2 aromatic rings. The molecule has 0 spiro atoms. The molecule has 0 saturated carbocycles. The lowest BCUT2D eigenvalue weighted by molar-refractivity contribution is 0.0652. The van der Waals surface area contributed by atoms with Crippen molar-refractivity contribution in [3.63, 3.8) is 0 Å². The van der Waals surface area contributed by atoms with Gasteiger partial charge in [-0.25, -0.2) is 4.79 Å². The van der Waals surface area contributed by atoms with Crippen LogP contribution >= 0.6 is 15.9 Å². The third-order valence-corrected chi connectivity index (χ3v) is 4.16. The zero-order valence-corrected chi connectivity index (χ0v) is 11.4. The molecule has 0 saturated heterocycles. The molecule has 1 aromatic carbocycles. The average Bonchev–Trinajstić information content (AvgIpc) is 3.01. The minimum Gasteiger partial charge on any atom is -0.506 e. The van der Waals surface area contributed by atoms with E-state index in [4.69, 9.17) is 9.63 Å². The lowest BCUT2D eigenvalue weighted by atomic mass is 10.0. The molecule has 3 rings (SSSR count). The van der Waals surface area contributed by atoms with Crippen LogP contribution in [0.3, 0.4) is 0 Å². The number of phenols is 1. The molecule has 0 amide bonds. The van der Waals surface area contributed by atoms with Crippen LogP contribution in [0, 0.1) is 0 Å². The highest BCUT2D eigenvalue weighted by atomic mass is 79.9. The molecule has 0 unspecified atom stereocenters. The minimum absolute atomic E-state index is 0.0749. The zero-order chi connectivity index (χ0) is 13.6. The molecule has 0 radical (unpaired) electrons. The quantitative estimate of drug-likeness (QED) is 0.887. The van der Waals surface area contributed by atoms with Gasteiger partial charge in [0.15, 0.2) is 0 Å². The molecule has 5 nitrogen and oxygen atoms in total. The number of aryl methyl sites for hydroxylation is 1. The number of hydrogen-bond donors (Lipinski definition) is 2. The Balaban J connectivity index is 2.14. The molecule has 19 heavy (non-hydrogen) atoms. The van der Waals surface area contributed by atoms with Gasteiger partial charge in [0.1, 0.15) is 11.4 Å². The fourth-order valence-electron chi connectivity index (χ4n) is 2.38. The first-order valence-corrected chi connectivity index (χ1v) is 6.61. The van der Waals surface area contributed by atoms with E-state index in [1.54, 1.807) is 0 Å². The van der Waals surface area contributed by atoms with Crippen LogP contribution in [-0.4, -0.2) is 21.3 Å². The Labute approximate surface area is 117 Å². The molecule has 98 valence electrons. The van der Waals surface area contributed by atoms with Crippen molar-refractivity contribution in [3.8, 4) is 17.0 Å². The van der Waals surface area contributed by atoms with Gasteiger partial charge in [-0.15, -0.1) is 0 Å². The van der Waals surface area contributed by atoms with Crippen molar-refractivity contribution in [2.24, 2.45) is 0 Å². The van der Waals surface area contributed by atoms with Gasteiger partial charge in [0, 0.05) is 11.6 Å². The van der Waals surface area contributed by atoms with Crippen LogP contribution in [0.5, 0.6) is 5.75 Å². The zero-order valence-electron chi connectivity index (χ0n) is 9.81. The van der Waals surface area contributed by atoms with E-state index in [1.165, 1.54) is 6.07 Å². The summed E-state index contributed by atoms with van der Waals surface area (Å²) in [6, 6.07) is 3.16. The van der Waals surface area contributed by atoms with Crippen LogP contribution in [0.4, 0.5) is 0 Å². The lowest BCUT2D eigenvalue weighted by Gasteiger charge is -2.09. The van der Waals surface area contributed by atoms with Gasteiger partial charge in [-0.2, -0.15) is 0 Å². The third kappa shape index (κ3) is 1.92. The molecular weight excluding hydrogens is 314 g/mol. The fourth-order valence-corrected chi connectivity index (χ4v) is 3.05. The number of hydrogen-bond acceptors (Lipinski definition) is 4. The molecule has 1 aliphatic rings. The second-order valence-electron chi connectivity index (χ2n) is 4.46. The predicted molar refractivity (Wildman–Crippen MR) is 70.3 cm³/mol. The molecule has 0 aliphatic heterocycles. The summed E-state index contributed by atoms with van der Waals surface area (Å²) in [7, 11) is 0. The van der Waals surface area contributed by atoms with E-state index in [0.717, 1.165) is 30.4 Å². The highest BCUT2D eigenvalue weighted by Gasteiger charge is 2.22. The van der Waals surface area contributed by atoms with Crippen molar-refractivity contribution in [1.29, 1.82) is 0 Å². The van der Waals surface area contributed by atoms with Crippen LogP contribution < -0.4 is 0 Å². The first-order valence-electron chi connectivity index (χ1n) is 5.81. The van der Waals surface area contributed by atoms with Gasteiger partial charge >= 0.3 is 5.97 Å². The topological polar surface area (TPSA) is 83.6 Å². The first-order chi connectivity index (χ1) is 9.08. The largest absolute Gasteiger partial charge is 0.506 e. The minimum atomic E-state index is -1.18. The Bertz CT molecular complexity index is 678. The predicted octanol–water partition coefficient (Wildman–Crippen LogP) is 3.00. The Morgan fingerprint density at radius 1 is 1.37 bits per heavy atom. The monoisotopic (exact) mass is 323 g/mol. The van der Waals surface area contributed by atoms with E-state index in [9.17, 15) is 9.90 Å². The Morgan fingerprint density at radius 2 is 2.16 bits per heavy atom. The summed E-state index contributed by atoms with van der Waals surface area (Å²) in [5.74, 6) is -1.35. The lowest BCUT2D eigenvalue weighted by Crippen LogP contribution is -1.92. The van der Waals surface area contributed by atoms with E-state index >= 15 is 0 Å². The molecule has 0 fully saturated rings. The van der Waals surface area contributed by atoms with Gasteiger partial charge in [-0.1, -0.05) is 5.16 Å². The van der Waals surface area contributed by atoms with Gasteiger partial charge < -0.3 is 14.7 Å². The number of phenolic OH excluding ortho intramolecular Hbond substituents is 1. The third-order valence-electron chi connectivity index (χ3n) is 3.30. The summed E-state index contributed by atoms with van der Waals surface area (Å²) < 4.78 is 5.38. The SMILES string of the molecule is O=C(O)c1cc(-c2cc3c(c(Br)c2O)CCC3)no1. The number of nitrogens with zero attached hydrogens (tertiary/aromatic N) is 1. The maximum absolute atomic E-state index is 10.8. The van der Waals surface area contributed by atoms with E-state index in [1.807, 2.05) is 6.07 Å². The van der Waals surface area contributed by atoms with Gasteiger partial charge in [-0.3, -0.25) is 0 Å². The van der Waals surface area contributed by atoms with Gasteiger partial charge in [-0.05, 0) is 52.4 Å². The summed E-state index contributed by atoms with van der Waals surface area (Å²) in [4.78, 5) is 10.8. The van der Waals surface area contributed by atoms with Gasteiger partial charge in [0.05, 0.1) is 4.47 Å². The van der Waals surface area contributed by atoms with Crippen molar-refractivity contribution >= 4 is 21.9 Å². The van der Waals surface area contributed by atoms with E-state index < -0.39 is 5.97 Å². The Kier molecular flexibility index (Phi) is 2.82. The molecule has 1 heterocycles.